The largest absolute Gasteiger partial charge is 0.479 e. The van der Waals surface area contributed by atoms with Crippen LogP contribution in [0.5, 0.6) is 5.75 Å². The molecule has 4 aromatic rings. The molecule has 1 heterocycles. The highest BCUT2D eigenvalue weighted by atomic mass is 35.5. The second-order valence-electron chi connectivity index (χ2n) is 6.53. The molecule has 30 heavy (non-hydrogen) atoms. The van der Waals surface area contributed by atoms with Gasteiger partial charge in [-0.1, -0.05) is 34.8 Å². The van der Waals surface area contributed by atoms with E-state index in [0.29, 0.717) is 43.5 Å². The van der Waals surface area contributed by atoms with Gasteiger partial charge in [-0.15, -0.1) is 0 Å². The van der Waals surface area contributed by atoms with Crippen LogP contribution in [0, 0.1) is 0 Å². The lowest BCUT2D eigenvalue weighted by molar-refractivity contribution is -0.122. The number of amides is 1. The Bertz CT molecular complexity index is 1220. The van der Waals surface area contributed by atoms with Crippen molar-refractivity contribution < 1.29 is 13.9 Å². The van der Waals surface area contributed by atoms with Gasteiger partial charge in [0.05, 0.1) is 5.02 Å². The van der Waals surface area contributed by atoms with Gasteiger partial charge in [-0.25, -0.2) is 4.98 Å². The number of aromatic nitrogens is 1. The highest BCUT2D eigenvalue weighted by molar-refractivity contribution is 6.35. The van der Waals surface area contributed by atoms with E-state index in [0.717, 1.165) is 5.56 Å². The molecule has 152 valence electrons. The molecule has 1 unspecified atom stereocenters. The van der Waals surface area contributed by atoms with E-state index in [4.69, 9.17) is 44.0 Å². The van der Waals surface area contributed by atoms with Crippen molar-refractivity contribution in [2.45, 2.75) is 13.0 Å². The monoisotopic (exact) mass is 460 g/mol. The number of ether oxygens (including phenoxy) is 1. The summed E-state index contributed by atoms with van der Waals surface area (Å²) < 4.78 is 11.4. The predicted octanol–water partition coefficient (Wildman–Crippen LogP) is 6.86. The van der Waals surface area contributed by atoms with E-state index in [1.807, 2.05) is 12.1 Å². The zero-order chi connectivity index (χ0) is 21.3. The Hall–Kier alpha value is -2.73. The molecule has 1 atom stereocenters. The molecule has 0 saturated heterocycles. The Balaban J connectivity index is 1.43. The Kier molecular flexibility index (Phi) is 5.86. The Morgan fingerprint density at radius 1 is 1.00 bits per heavy atom. The standard InChI is InChI=1S/C22H15Cl3N2O3/c1-12(29-19-8-4-14(23)10-17(19)25)21(28)26-16-6-2-13(3-7-16)22-27-18-11-15(24)5-9-20(18)30-22/h2-12H,1H3,(H,26,28). The van der Waals surface area contributed by atoms with Crippen LogP contribution < -0.4 is 10.1 Å². The Labute approximate surface area is 187 Å². The molecule has 0 aliphatic rings. The summed E-state index contributed by atoms with van der Waals surface area (Å²) in [6, 6.07) is 17.2. The molecular formula is C22H15Cl3N2O3. The van der Waals surface area contributed by atoms with Crippen LogP contribution in [0.3, 0.4) is 0 Å². The third kappa shape index (κ3) is 4.54. The van der Waals surface area contributed by atoms with E-state index in [1.54, 1.807) is 55.5 Å². The number of nitrogens with one attached hydrogen (secondary N) is 1. The molecule has 1 amide bonds. The fourth-order valence-electron chi connectivity index (χ4n) is 2.78. The van der Waals surface area contributed by atoms with Gasteiger partial charge in [-0.2, -0.15) is 0 Å². The summed E-state index contributed by atoms with van der Waals surface area (Å²) in [5.41, 5.74) is 2.72. The third-order valence-electron chi connectivity index (χ3n) is 4.32. The van der Waals surface area contributed by atoms with E-state index in [9.17, 15) is 4.79 Å². The smallest absolute Gasteiger partial charge is 0.265 e. The van der Waals surface area contributed by atoms with E-state index in [1.165, 1.54) is 0 Å². The number of hydrogen-bond donors (Lipinski definition) is 1. The first-order valence-electron chi connectivity index (χ1n) is 8.98. The molecule has 4 rings (SSSR count). The van der Waals surface area contributed by atoms with Gasteiger partial charge < -0.3 is 14.5 Å². The van der Waals surface area contributed by atoms with Crippen LogP contribution in [0.15, 0.2) is 65.1 Å². The minimum Gasteiger partial charge on any atom is -0.479 e. The molecule has 0 bridgehead atoms. The molecule has 1 N–H and O–H groups in total. The zero-order valence-electron chi connectivity index (χ0n) is 15.7. The summed E-state index contributed by atoms with van der Waals surface area (Å²) in [6.07, 6.45) is -0.759. The van der Waals surface area contributed by atoms with Crippen molar-refractivity contribution in [2.75, 3.05) is 5.32 Å². The Morgan fingerprint density at radius 3 is 2.43 bits per heavy atom. The molecule has 0 aliphatic carbocycles. The molecule has 0 fully saturated rings. The summed E-state index contributed by atoms with van der Waals surface area (Å²) >= 11 is 18.0. The SMILES string of the molecule is CC(Oc1ccc(Cl)cc1Cl)C(=O)Nc1ccc(-c2nc3cc(Cl)ccc3o2)cc1. The minimum atomic E-state index is -0.759. The van der Waals surface area contributed by atoms with Crippen molar-refractivity contribution >= 4 is 57.5 Å². The predicted molar refractivity (Wildman–Crippen MR) is 120 cm³/mol. The van der Waals surface area contributed by atoms with Crippen LogP contribution in [-0.2, 0) is 4.79 Å². The van der Waals surface area contributed by atoms with Crippen molar-refractivity contribution in [1.82, 2.24) is 4.98 Å². The number of carbonyl (C=O) groups is 1. The number of benzene rings is 3. The minimum absolute atomic E-state index is 0.315. The van der Waals surface area contributed by atoms with Crippen LogP contribution in [0.25, 0.3) is 22.6 Å². The summed E-state index contributed by atoms with van der Waals surface area (Å²) in [6.45, 7) is 1.64. The first-order valence-corrected chi connectivity index (χ1v) is 10.1. The van der Waals surface area contributed by atoms with Gasteiger partial charge in [-0.05, 0) is 67.6 Å². The lowest BCUT2D eigenvalue weighted by Gasteiger charge is -2.16. The van der Waals surface area contributed by atoms with Gasteiger partial charge >= 0.3 is 0 Å². The van der Waals surface area contributed by atoms with Crippen LogP contribution in [0.2, 0.25) is 15.1 Å². The number of carbonyl (C=O) groups excluding carboxylic acids is 1. The van der Waals surface area contributed by atoms with E-state index >= 15 is 0 Å². The summed E-state index contributed by atoms with van der Waals surface area (Å²) in [5.74, 6) is 0.541. The van der Waals surface area contributed by atoms with Crippen molar-refractivity contribution in [3.63, 3.8) is 0 Å². The normalized spacial score (nSPS) is 12.0. The molecule has 0 aliphatic heterocycles. The molecule has 0 radical (unpaired) electrons. The zero-order valence-corrected chi connectivity index (χ0v) is 17.9. The number of nitrogens with zero attached hydrogens (tertiary/aromatic N) is 1. The highest BCUT2D eigenvalue weighted by Crippen LogP contribution is 2.29. The molecule has 0 spiro atoms. The Morgan fingerprint density at radius 2 is 1.70 bits per heavy atom. The number of hydrogen-bond acceptors (Lipinski definition) is 4. The van der Waals surface area contributed by atoms with Gasteiger partial charge in [-0.3, -0.25) is 4.79 Å². The van der Waals surface area contributed by atoms with Crippen molar-refractivity contribution in [3.8, 4) is 17.2 Å². The number of rotatable bonds is 5. The topological polar surface area (TPSA) is 64.4 Å². The van der Waals surface area contributed by atoms with Crippen molar-refractivity contribution in [1.29, 1.82) is 0 Å². The lowest BCUT2D eigenvalue weighted by Crippen LogP contribution is -2.30. The molecular weight excluding hydrogens is 447 g/mol. The fourth-order valence-corrected chi connectivity index (χ4v) is 3.40. The van der Waals surface area contributed by atoms with Gasteiger partial charge in [0.25, 0.3) is 5.91 Å². The second-order valence-corrected chi connectivity index (χ2v) is 7.81. The number of fused-ring (bicyclic) bond motifs is 1. The van der Waals surface area contributed by atoms with Gasteiger partial charge in [0.2, 0.25) is 5.89 Å². The van der Waals surface area contributed by atoms with Crippen LogP contribution in [0.4, 0.5) is 5.69 Å². The second kappa shape index (κ2) is 8.56. The third-order valence-corrected chi connectivity index (χ3v) is 5.08. The van der Waals surface area contributed by atoms with Crippen molar-refractivity contribution in [2.24, 2.45) is 0 Å². The average Bonchev–Trinajstić information content (AvgIpc) is 3.13. The summed E-state index contributed by atoms with van der Waals surface area (Å²) in [5, 5.41) is 4.23. The molecule has 1 aromatic heterocycles. The van der Waals surface area contributed by atoms with E-state index < -0.39 is 6.10 Å². The van der Waals surface area contributed by atoms with Gasteiger partial charge in [0.15, 0.2) is 11.7 Å². The molecule has 8 heteroatoms. The number of oxazole rings is 1. The average molecular weight is 462 g/mol. The maximum atomic E-state index is 12.5. The quantitative estimate of drug-likeness (QED) is 0.352. The maximum absolute atomic E-state index is 12.5. The van der Waals surface area contributed by atoms with Crippen LogP contribution in [-0.4, -0.2) is 17.0 Å². The van der Waals surface area contributed by atoms with E-state index in [2.05, 4.69) is 10.3 Å². The highest BCUT2D eigenvalue weighted by Gasteiger charge is 2.17. The lowest BCUT2D eigenvalue weighted by atomic mass is 10.2. The molecule has 5 nitrogen and oxygen atoms in total. The van der Waals surface area contributed by atoms with Crippen LogP contribution >= 0.6 is 34.8 Å². The number of anilines is 1. The first kappa shape index (κ1) is 20.5. The molecule has 0 saturated carbocycles. The summed E-state index contributed by atoms with van der Waals surface area (Å²) in [4.78, 5) is 16.9. The molecule has 3 aromatic carbocycles. The maximum Gasteiger partial charge on any atom is 0.265 e. The van der Waals surface area contributed by atoms with Crippen molar-refractivity contribution in [3.05, 3.63) is 75.7 Å². The van der Waals surface area contributed by atoms with Gasteiger partial charge in [0, 0.05) is 21.3 Å². The fraction of sp³-hybridized carbons (Fsp3) is 0.0909. The van der Waals surface area contributed by atoms with Crippen LogP contribution in [0.1, 0.15) is 6.92 Å². The van der Waals surface area contributed by atoms with E-state index in [-0.39, 0.29) is 5.91 Å². The summed E-state index contributed by atoms with van der Waals surface area (Å²) in [7, 11) is 0. The van der Waals surface area contributed by atoms with Gasteiger partial charge in [0.1, 0.15) is 11.3 Å². The first-order chi connectivity index (χ1) is 14.4. The number of halogens is 3.